The number of rotatable bonds is 4. The average molecular weight is 246 g/mol. The van der Waals surface area contributed by atoms with E-state index in [0.717, 1.165) is 0 Å². The van der Waals surface area contributed by atoms with E-state index in [2.05, 4.69) is 43.5 Å². The smallest absolute Gasteiger partial charge is 0.0488 e. The van der Waals surface area contributed by atoms with Crippen LogP contribution in [0.4, 0.5) is 0 Å². The van der Waals surface area contributed by atoms with Crippen LogP contribution in [0, 0.1) is 5.92 Å². The maximum atomic E-state index is 5.78. The van der Waals surface area contributed by atoms with Crippen molar-refractivity contribution in [2.45, 2.75) is 57.9 Å². The molecule has 2 rings (SSSR count). The van der Waals surface area contributed by atoms with Gasteiger partial charge in [0.05, 0.1) is 0 Å². The highest BCUT2D eigenvalue weighted by Gasteiger charge is 2.23. The van der Waals surface area contributed by atoms with Crippen molar-refractivity contribution in [3.8, 4) is 0 Å². The Bertz CT molecular complexity index is 350. The Hall–Kier alpha value is -0.860. The molecule has 1 fully saturated rings. The first kappa shape index (κ1) is 13.6. The van der Waals surface area contributed by atoms with Crippen LogP contribution in [0.5, 0.6) is 0 Å². The predicted molar refractivity (Wildman–Crippen MR) is 77.2 cm³/mol. The van der Waals surface area contributed by atoms with Gasteiger partial charge in [0.2, 0.25) is 0 Å². The molecule has 0 saturated heterocycles. The maximum absolute atomic E-state index is 5.78. The van der Waals surface area contributed by atoms with Crippen LogP contribution in [0.1, 0.15) is 69.0 Å². The minimum absolute atomic E-state index is 0.325. The molecule has 1 aromatic rings. The molecular weight excluding hydrogens is 220 g/mol. The lowest BCUT2D eigenvalue weighted by Gasteiger charge is -2.30. The van der Waals surface area contributed by atoms with Crippen LogP contribution in [0.2, 0.25) is 0 Å². The minimum Gasteiger partial charge on any atom is -0.271 e. The summed E-state index contributed by atoms with van der Waals surface area (Å²) in [6, 6.07) is 9.30. The van der Waals surface area contributed by atoms with E-state index in [1.807, 2.05) is 0 Å². The third-order valence-corrected chi connectivity index (χ3v) is 4.26. The Morgan fingerprint density at radius 2 is 1.56 bits per heavy atom. The summed E-state index contributed by atoms with van der Waals surface area (Å²) in [7, 11) is 0. The molecule has 18 heavy (non-hydrogen) atoms. The SMILES string of the molecule is CC(C)c1ccc(C(NN)C2CCCCC2)cc1. The third-order valence-electron chi connectivity index (χ3n) is 4.26. The van der Waals surface area contributed by atoms with Crippen LogP contribution in [-0.2, 0) is 0 Å². The highest BCUT2D eigenvalue weighted by atomic mass is 15.2. The van der Waals surface area contributed by atoms with E-state index >= 15 is 0 Å². The van der Waals surface area contributed by atoms with E-state index in [4.69, 9.17) is 5.84 Å². The first-order chi connectivity index (χ1) is 8.72. The fourth-order valence-corrected chi connectivity index (χ4v) is 3.06. The zero-order valence-corrected chi connectivity index (χ0v) is 11.7. The zero-order valence-electron chi connectivity index (χ0n) is 11.7. The quantitative estimate of drug-likeness (QED) is 0.624. The van der Waals surface area contributed by atoms with Crippen molar-refractivity contribution >= 4 is 0 Å². The van der Waals surface area contributed by atoms with Gasteiger partial charge in [-0.1, -0.05) is 57.4 Å². The Morgan fingerprint density at radius 3 is 2.06 bits per heavy atom. The molecule has 1 aromatic carbocycles. The Balaban J connectivity index is 2.11. The Morgan fingerprint density at radius 1 is 1.00 bits per heavy atom. The lowest BCUT2D eigenvalue weighted by molar-refractivity contribution is 0.273. The summed E-state index contributed by atoms with van der Waals surface area (Å²) in [5.74, 6) is 7.08. The predicted octanol–water partition coefficient (Wildman–Crippen LogP) is 3.89. The summed E-state index contributed by atoms with van der Waals surface area (Å²) in [6.45, 7) is 4.46. The molecule has 100 valence electrons. The van der Waals surface area contributed by atoms with Gasteiger partial charge >= 0.3 is 0 Å². The van der Waals surface area contributed by atoms with Crippen molar-refractivity contribution in [3.05, 3.63) is 35.4 Å². The van der Waals surface area contributed by atoms with Gasteiger partial charge in [-0.15, -0.1) is 0 Å². The van der Waals surface area contributed by atoms with E-state index in [-0.39, 0.29) is 0 Å². The summed E-state index contributed by atoms with van der Waals surface area (Å²) in [6.07, 6.45) is 6.71. The van der Waals surface area contributed by atoms with Crippen molar-refractivity contribution in [3.63, 3.8) is 0 Å². The zero-order chi connectivity index (χ0) is 13.0. The molecule has 1 unspecified atom stereocenters. The largest absolute Gasteiger partial charge is 0.271 e. The summed E-state index contributed by atoms with van der Waals surface area (Å²) in [5.41, 5.74) is 5.78. The number of nitrogens with two attached hydrogens (primary N) is 1. The fraction of sp³-hybridized carbons (Fsp3) is 0.625. The second-order valence-corrected chi connectivity index (χ2v) is 5.86. The van der Waals surface area contributed by atoms with Gasteiger partial charge in [-0.3, -0.25) is 11.3 Å². The van der Waals surface area contributed by atoms with Crippen molar-refractivity contribution in [2.24, 2.45) is 11.8 Å². The molecule has 1 aliphatic rings. The molecule has 0 spiro atoms. The van der Waals surface area contributed by atoms with Gasteiger partial charge in [-0.25, -0.2) is 0 Å². The van der Waals surface area contributed by atoms with Gasteiger partial charge in [0.25, 0.3) is 0 Å². The normalized spacial score (nSPS) is 19.1. The summed E-state index contributed by atoms with van der Waals surface area (Å²) < 4.78 is 0. The molecule has 0 aliphatic heterocycles. The summed E-state index contributed by atoms with van der Waals surface area (Å²) in [5, 5.41) is 0. The standard InChI is InChI=1S/C16H26N2/c1-12(2)13-8-10-15(11-9-13)16(18-17)14-6-4-3-5-7-14/h8-12,14,16,18H,3-7,17H2,1-2H3. The molecule has 0 amide bonds. The topological polar surface area (TPSA) is 38.0 Å². The first-order valence-corrected chi connectivity index (χ1v) is 7.28. The van der Waals surface area contributed by atoms with Crippen LogP contribution in [0.3, 0.4) is 0 Å². The molecule has 3 N–H and O–H groups in total. The third kappa shape index (κ3) is 3.12. The van der Waals surface area contributed by atoms with E-state index in [9.17, 15) is 0 Å². The van der Waals surface area contributed by atoms with Crippen LogP contribution >= 0.6 is 0 Å². The second-order valence-electron chi connectivity index (χ2n) is 5.86. The van der Waals surface area contributed by atoms with Gasteiger partial charge < -0.3 is 0 Å². The van der Waals surface area contributed by atoms with Crippen LogP contribution in [0.25, 0.3) is 0 Å². The first-order valence-electron chi connectivity index (χ1n) is 7.28. The molecule has 2 heteroatoms. The second kappa shape index (κ2) is 6.35. The number of hydrogen-bond acceptors (Lipinski definition) is 2. The molecule has 0 aromatic heterocycles. The lowest BCUT2D eigenvalue weighted by atomic mass is 9.81. The van der Waals surface area contributed by atoms with Gasteiger partial charge in [-0.05, 0) is 35.8 Å². The highest BCUT2D eigenvalue weighted by Crippen LogP contribution is 2.34. The molecule has 1 aliphatic carbocycles. The van der Waals surface area contributed by atoms with E-state index < -0.39 is 0 Å². The number of nitrogens with one attached hydrogen (secondary N) is 1. The summed E-state index contributed by atoms with van der Waals surface area (Å²) >= 11 is 0. The van der Waals surface area contributed by atoms with Gasteiger partial charge in [-0.2, -0.15) is 0 Å². The van der Waals surface area contributed by atoms with Crippen molar-refractivity contribution in [1.29, 1.82) is 0 Å². The van der Waals surface area contributed by atoms with Gasteiger partial charge in [0.1, 0.15) is 0 Å². The molecule has 0 bridgehead atoms. The van der Waals surface area contributed by atoms with E-state index in [1.165, 1.54) is 43.2 Å². The fourth-order valence-electron chi connectivity index (χ4n) is 3.06. The number of benzene rings is 1. The molecule has 0 heterocycles. The monoisotopic (exact) mass is 246 g/mol. The van der Waals surface area contributed by atoms with E-state index in [1.54, 1.807) is 0 Å². The highest BCUT2D eigenvalue weighted by molar-refractivity contribution is 5.27. The Labute approximate surface area is 111 Å². The lowest BCUT2D eigenvalue weighted by Crippen LogP contribution is -2.34. The molecular formula is C16H26N2. The average Bonchev–Trinajstić information content (AvgIpc) is 2.41. The molecule has 1 saturated carbocycles. The van der Waals surface area contributed by atoms with Crippen LogP contribution < -0.4 is 11.3 Å². The molecule has 2 nitrogen and oxygen atoms in total. The van der Waals surface area contributed by atoms with Crippen LogP contribution in [-0.4, -0.2) is 0 Å². The maximum Gasteiger partial charge on any atom is 0.0488 e. The number of hydrogen-bond donors (Lipinski definition) is 2. The van der Waals surface area contributed by atoms with Crippen molar-refractivity contribution in [2.75, 3.05) is 0 Å². The van der Waals surface area contributed by atoms with Crippen molar-refractivity contribution in [1.82, 2.24) is 5.43 Å². The summed E-state index contributed by atoms with van der Waals surface area (Å²) in [4.78, 5) is 0. The molecule has 0 radical (unpaired) electrons. The minimum atomic E-state index is 0.325. The van der Waals surface area contributed by atoms with Gasteiger partial charge in [0, 0.05) is 6.04 Å². The molecule has 1 atom stereocenters. The van der Waals surface area contributed by atoms with Gasteiger partial charge in [0.15, 0.2) is 0 Å². The number of hydrazine groups is 1. The van der Waals surface area contributed by atoms with Crippen molar-refractivity contribution < 1.29 is 0 Å². The van der Waals surface area contributed by atoms with Crippen LogP contribution in [0.15, 0.2) is 24.3 Å². The van der Waals surface area contributed by atoms with E-state index in [0.29, 0.717) is 17.9 Å². The Kier molecular flexibility index (Phi) is 4.79.